The highest BCUT2D eigenvalue weighted by Gasteiger charge is 1.95. The lowest BCUT2D eigenvalue weighted by atomic mass is 10.3. The van der Waals surface area contributed by atoms with Crippen LogP contribution in [0.2, 0.25) is 5.02 Å². The van der Waals surface area contributed by atoms with E-state index in [1.54, 1.807) is 12.1 Å². The lowest BCUT2D eigenvalue weighted by Crippen LogP contribution is -1.95. The third-order valence-corrected chi connectivity index (χ3v) is 2.96. The lowest BCUT2D eigenvalue weighted by molar-refractivity contribution is 0.309. The predicted octanol–water partition coefficient (Wildman–Crippen LogP) is 5.93. The van der Waals surface area contributed by atoms with Gasteiger partial charge in [0.1, 0.15) is 5.75 Å². The number of hydrogen-bond acceptors (Lipinski definition) is 3. The molecule has 0 fully saturated rings. The van der Waals surface area contributed by atoms with E-state index < -0.39 is 0 Å². The molecule has 104 valence electrons. The van der Waals surface area contributed by atoms with E-state index in [0.29, 0.717) is 5.02 Å². The van der Waals surface area contributed by atoms with Crippen LogP contribution in [-0.2, 0) is 0 Å². The van der Waals surface area contributed by atoms with Gasteiger partial charge in [0.25, 0.3) is 0 Å². The molecule has 0 aliphatic carbocycles. The third-order valence-electron chi connectivity index (χ3n) is 2.71. The summed E-state index contributed by atoms with van der Waals surface area (Å²) in [5.74, 6) is 0.865. The van der Waals surface area contributed by atoms with E-state index in [2.05, 4.69) is 17.2 Å². The van der Waals surface area contributed by atoms with E-state index in [0.717, 1.165) is 36.6 Å². The molecule has 2 aromatic carbocycles. The zero-order valence-electron chi connectivity index (χ0n) is 11.4. The van der Waals surface area contributed by atoms with Crippen molar-refractivity contribution in [3.63, 3.8) is 0 Å². The number of halogens is 1. The van der Waals surface area contributed by atoms with Crippen molar-refractivity contribution in [3.05, 3.63) is 53.6 Å². The molecule has 2 aromatic rings. The molecule has 0 aliphatic rings. The van der Waals surface area contributed by atoms with Gasteiger partial charge < -0.3 is 4.74 Å². The molecule has 0 heterocycles. The molecule has 0 saturated carbocycles. The molecule has 0 bridgehead atoms. The first kappa shape index (κ1) is 14.5. The number of nitrogens with zero attached hydrogens (tertiary/aromatic N) is 2. The van der Waals surface area contributed by atoms with Crippen molar-refractivity contribution in [2.45, 2.75) is 19.8 Å². The molecule has 0 amide bonds. The quantitative estimate of drug-likeness (QED) is 0.479. The minimum Gasteiger partial charge on any atom is -0.494 e. The van der Waals surface area contributed by atoms with Crippen LogP contribution < -0.4 is 4.74 Å². The monoisotopic (exact) mass is 288 g/mol. The Balaban J connectivity index is 1.94. The molecule has 2 rings (SSSR count). The molecular weight excluding hydrogens is 272 g/mol. The van der Waals surface area contributed by atoms with Gasteiger partial charge >= 0.3 is 0 Å². The van der Waals surface area contributed by atoms with Crippen molar-refractivity contribution in [2.24, 2.45) is 10.2 Å². The summed E-state index contributed by atoms with van der Waals surface area (Å²) in [4.78, 5) is 0. The second kappa shape index (κ2) is 7.65. The largest absolute Gasteiger partial charge is 0.494 e. The summed E-state index contributed by atoms with van der Waals surface area (Å²) >= 11 is 5.81. The summed E-state index contributed by atoms with van der Waals surface area (Å²) in [7, 11) is 0. The maximum Gasteiger partial charge on any atom is 0.119 e. The summed E-state index contributed by atoms with van der Waals surface area (Å²) in [6.07, 6.45) is 2.20. The predicted molar refractivity (Wildman–Crippen MR) is 82.5 cm³/mol. The van der Waals surface area contributed by atoms with Gasteiger partial charge in [-0.05, 0) is 55.0 Å². The van der Waals surface area contributed by atoms with Crippen LogP contribution in [0, 0.1) is 0 Å². The van der Waals surface area contributed by atoms with Crippen molar-refractivity contribution >= 4 is 23.0 Å². The maximum atomic E-state index is 5.81. The molecule has 0 aromatic heterocycles. The van der Waals surface area contributed by atoms with E-state index in [9.17, 15) is 0 Å². The van der Waals surface area contributed by atoms with Gasteiger partial charge in [0, 0.05) is 5.02 Å². The highest BCUT2D eigenvalue weighted by atomic mass is 35.5. The second-order valence-corrected chi connectivity index (χ2v) is 4.81. The van der Waals surface area contributed by atoms with Crippen LogP contribution in [0.25, 0.3) is 0 Å². The summed E-state index contributed by atoms with van der Waals surface area (Å²) in [6, 6.07) is 14.8. The first-order valence-electron chi connectivity index (χ1n) is 6.68. The van der Waals surface area contributed by atoms with Crippen LogP contribution in [0.4, 0.5) is 11.4 Å². The Morgan fingerprint density at radius 2 is 1.45 bits per heavy atom. The number of ether oxygens (including phenoxy) is 1. The van der Waals surface area contributed by atoms with Crippen LogP contribution in [0.1, 0.15) is 19.8 Å². The fourth-order valence-electron chi connectivity index (χ4n) is 1.57. The van der Waals surface area contributed by atoms with Crippen LogP contribution in [0.15, 0.2) is 58.8 Å². The number of unbranched alkanes of at least 4 members (excludes halogenated alkanes) is 1. The van der Waals surface area contributed by atoms with E-state index in [1.165, 1.54) is 0 Å². The average Bonchev–Trinajstić information content (AvgIpc) is 2.48. The number of benzene rings is 2. The number of rotatable bonds is 6. The van der Waals surface area contributed by atoms with E-state index in [-0.39, 0.29) is 0 Å². The molecule has 3 nitrogen and oxygen atoms in total. The first-order chi connectivity index (χ1) is 9.78. The van der Waals surface area contributed by atoms with Gasteiger partial charge in [-0.1, -0.05) is 24.9 Å². The molecular formula is C16H17ClN2O. The zero-order valence-corrected chi connectivity index (χ0v) is 12.2. The lowest BCUT2D eigenvalue weighted by Gasteiger charge is -2.04. The van der Waals surface area contributed by atoms with Gasteiger partial charge in [0.15, 0.2) is 0 Å². The first-order valence-corrected chi connectivity index (χ1v) is 7.06. The molecule has 20 heavy (non-hydrogen) atoms. The van der Waals surface area contributed by atoms with Crippen molar-refractivity contribution in [1.82, 2.24) is 0 Å². The minimum absolute atomic E-state index is 0.692. The molecule has 0 aliphatic heterocycles. The van der Waals surface area contributed by atoms with Gasteiger partial charge in [-0.25, -0.2) is 0 Å². The topological polar surface area (TPSA) is 34.0 Å². The fourth-order valence-corrected chi connectivity index (χ4v) is 1.69. The summed E-state index contributed by atoms with van der Waals surface area (Å²) in [6.45, 7) is 2.89. The van der Waals surface area contributed by atoms with E-state index in [4.69, 9.17) is 16.3 Å². The van der Waals surface area contributed by atoms with Gasteiger partial charge in [-0.3, -0.25) is 0 Å². The van der Waals surface area contributed by atoms with Crippen LogP contribution >= 0.6 is 11.6 Å². The van der Waals surface area contributed by atoms with Gasteiger partial charge in [-0.2, -0.15) is 10.2 Å². The summed E-state index contributed by atoms with van der Waals surface area (Å²) in [5.41, 5.74) is 1.57. The van der Waals surface area contributed by atoms with Crippen molar-refractivity contribution in [3.8, 4) is 5.75 Å². The Morgan fingerprint density at radius 1 is 0.900 bits per heavy atom. The van der Waals surface area contributed by atoms with Gasteiger partial charge in [-0.15, -0.1) is 0 Å². The smallest absolute Gasteiger partial charge is 0.119 e. The van der Waals surface area contributed by atoms with Gasteiger partial charge in [0.05, 0.1) is 18.0 Å². The SMILES string of the molecule is CCCCOc1ccc(N=Nc2ccc(Cl)cc2)cc1. The molecule has 0 spiro atoms. The molecule has 0 unspecified atom stereocenters. The van der Waals surface area contributed by atoms with Crippen molar-refractivity contribution in [2.75, 3.05) is 6.61 Å². The zero-order chi connectivity index (χ0) is 14.2. The summed E-state index contributed by atoms with van der Waals surface area (Å²) in [5, 5.41) is 9.01. The highest BCUT2D eigenvalue weighted by Crippen LogP contribution is 2.22. The number of azo groups is 1. The Kier molecular flexibility index (Phi) is 5.56. The average molecular weight is 289 g/mol. The summed E-state index contributed by atoms with van der Waals surface area (Å²) < 4.78 is 5.59. The number of hydrogen-bond donors (Lipinski definition) is 0. The van der Waals surface area contributed by atoms with Crippen LogP contribution in [-0.4, -0.2) is 6.61 Å². The maximum absolute atomic E-state index is 5.81. The Morgan fingerprint density at radius 3 is 2.00 bits per heavy atom. The molecule has 0 atom stereocenters. The Bertz CT molecular complexity index is 550. The molecule has 0 saturated heterocycles. The molecule has 0 radical (unpaired) electrons. The van der Waals surface area contributed by atoms with E-state index >= 15 is 0 Å². The fraction of sp³-hybridized carbons (Fsp3) is 0.250. The molecule has 4 heteroatoms. The van der Waals surface area contributed by atoms with Crippen LogP contribution in [0.5, 0.6) is 5.75 Å². The minimum atomic E-state index is 0.692. The Labute approximate surface area is 124 Å². The normalized spacial score (nSPS) is 10.9. The van der Waals surface area contributed by atoms with Crippen LogP contribution in [0.3, 0.4) is 0 Å². The standard InChI is InChI=1S/C16H17ClN2O/c1-2-3-12-20-16-10-8-15(9-11-16)19-18-14-6-4-13(17)5-7-14/h4-11H,2-3,12H2,1H3. The highest BCUT2D eigenvalue weighted by molar-refractivity contribution is 6.30. The van der Waals surface area contributed by atoms with Gasteiger partial charge in [0.2, 0.25) is 0 Å². The Hall–Kier alpha value is -1.87. The van der Waals surface area contributed by atoms with Crippen molar-refractivity contribution in [1.29, 1.82) is 0 Å². The second-order valence-electron chi connectivity index (χ2n) is 4.37. The third kappa shape index (κ3) is 4.67. The van der Waals surface area contributed by atoms with E-state index in [1.807, 2.05) is 36.4 Å². The molecule has 0 N–H and O–H groups in total. The van der Waals surface area contributed by atoms with Crippen molar-refractivity contribution < 1.29 is 4.74 Å².